The first kappa shape index (κ1) is 14.5. The highest BCUT2D eigenvalue weighted by molar-refractivity contribution is 7.10. The third-order valence-electron chi connectivity index (χ3n) is 3.29. The minimum Gasteiger partial charge on any atom is -0.493 e. The molecule has 0 aliphatic heterocycles. The number of ether oxygens (including phenoxy) is 2. The fourth-order valence-corrected chi connectivity index (χ4v) is 3.00. The number of pyridine rings is 1. The molecule has 2 aromatic heterocycles. The van der Waals surface area contributed by atoms with Crippen molar-refractivity contribution >= 4 is 11.3 Å². The van der Waals surface area contributed by atoms with Crippen LogP contribution < -0.4 is 9.47 Å². The normalized spacial score (nSPS) is 10.5. The zero-order chi connectivity index (χ0) is 15.4. The lowest BCUT2D eigenvalue weighted by Gasteiger charge is -2.08. The van der Waals surface area contributed by atoms with Gasteiger partial charge in [-0.2, -0.15) is 0 Å². The van der Waals surface area contributed by atoms with Crippen molar-refractivity contribution < 1.29 is 9.47 Å². The van der Waals surface area contributed by atoms with Gasteiger partial charge in [0.25, 0.3) is 0 Å². The van der Waals surface area contributed by atoms with E-state index in [9.17, 15) is 0 Å². The van der Waals surface area contributed by atoms with Gasteiger partial charge >= 0.3 is 0 Å². The topological polar surface area (TPSA) is 44.2 Å². The van der Waals surface area contributed by atoms with Crippen LogP contribution in [0.4, 0.5) is 0 Å². The highest BCUT2D eigenvalue weighted by Crippen LogP contribution is 2.32. The van der Waals surface area contributed by atoms with Gasteiger partial charge in [0.05, 0.1) is 24.9 Å². The maximum Gasteiger partial charge on any atom is 0.161 e. The molecule has 3 rings (SSSR count). The van der Waals surface area contributed by atoms with Crippen molar-refractivity contribution in [3.05, 3.63) is 58.7 Å². The second-order valence-electron chi connectivity index (χ2n) is 4.69. The smallest absolute Gasteiger partial charge is 0.161 e. The van der Waals surface area contributed by atoms with E-state index in [4.69, 9.17) is 9.47 Å². The first-order chi connectivity index (χ1) is 10.8. The summed E-state index contributed by atoms with van der Waals surface area (Å²) in [6.45, 7) is 0. The molecule has 22 heavy (non-hydrogen) atoms. The third kappa shape index (κ3) is 3.09. The van der Waals surface area contributed by atoms with E-state index in [0.717, 1.165) is 34.1 Å². The minimum atomic E-state index is 0.708. The summed E-state index contributed by atoms with van der Waals surface area (Å²) in [5.41, 5.74) is 2.98. The Labute approximate surface area is 133 Å². The van der Waals surface area contributed by atoms with Crippen LogP contribution >= 0.6 is 11.3 Å². The molecular formula is C17H16N2O2S. The summed E-state index contributed by atoms with van der Waals surface area (Å²) >= 11 is 1.64. The average molecular weight is 312 g/mol. The number of hydrogen-bond acceptors (Lipinski definition) is 5. The molecule has 0 atom stereocenters. The van der Waals surface area contributed by atoms with Crippen LogP contribution in [0, 0.1) is 0 Å². The molecule has 0 fully saturated rings. The molecule has 0 saturated carbocycles. The molecule has 5 heteroatoms. The van der Waals surface area contributed by atoms with E-state index >= 15 is 0 Å². The lowest BCUT2D eigenvalue weighted by molar-refractivity contribution is 0.355. The van der Waals surface area contributed by atoms with E-state index in [0.29, 0.717) is 5.75 Å². The largest absolute Gasteiger partial charge is 0.493 e. The summed E-state index contributed by atoms with van der Waals surface area (Å²) in [4.78, 5) is 9.03. The molecule has 1 aromatic carbocycles. The van der Waals surface area contributed by atoms with Gasteiger partial charge in [0.2, 0.25) is 0 Å². The highest BCUT2D eigenvalue weighted by atomic mass is 32.1. The summed E-state index contributed by atoms with van der Waals surface area (Å²) < 4.78 is 10.6. The zero-order valence-electron chi connectivity index (χ0n) is 12.4. The Balaban J connectivity index is 1.84. The van der Waals surface area contributed by atoms with Crippen LogP contribution in [-0.2, 0) is 6.42 Å². The van der Waals surface area contributed by atoms with Gasteiger partial charge < -0.3 is 9.47 Å². The van der Waals surface area contributed by atoms with Crippen LogP contribution in [0.25, 0.3) is 11.3 Å². The van der Waals surface area contributed by atoms with Crippen LogP contribution in [0.15, 0.2) is 48.0 Å². The Morgan fingerprint density at radius 3 is 2.64 bits per heavy atom. The monoisotopic (exact) mass is 312 g/mol. The van der Waals surface area contributed by atoms with Gasteiger partial charge in [-0.15, -0.1) is 11.3 Å². The molecule has 3 aromatic rings. The summed E-state index contributed by atoms with van der Waals surface area (Å²) in [7, 11) is 3.26. The van der Waals surface area contributed by atoms with Crippen LogP contribution in [-0.4, -0.2) is 24.2 Å². The highest BCUT2D eigenvalue weighted by Gasteiger charge is 2.10. The molecule has 4 nitrogen and oxygen atoms in total. The van der Waals surface area contributed by atoms with Crippen LogP contribution in [0.2, 0.25) is 0 Å². The Kier molecular flexibility index (Phi) is 4.34. The van der Waals surface area contributed by atoms with Crippen molar-refractivity contribution in [2.45, 2.75) is 6.42 Å². The van der Waals surface area contributed by atoms with Crippen molar-refractivity contribution in [2.75, 3.05) is 14.2 Å². The molecule has 2 heterocycles. The fourth-order valence-electron chi connectivity index (χ4n) is 2.18. The van der Waals surface area contributed by atoms with Crippen LogP contribution in [0.1, 0.15) is 10.7 Å². The molecule has 0 bridgehead atoms. The third-order valence-corrected chi connectivity index (χ3v) is 4.14. The minimum absolute atomic E-state index is 0.708. The number of methoxy groups -OCH3 is 2. The van der Waals surface area contributed by atoms with E-state index in [2.05, 4.69) is 15.3 Å². The molecule has 0 spiro atoms. The van der Waals surface area contributed by atoms with E-state index in [1.54, 1.807) is 31.8 Å². The van der Waals surface area contributed by atoms with Crippen molar-refractivity contribution in [1.29, 1.82) is 0 Å². The van der Waals surface area contributed by atoms with E-state index in [-0.39, 0.29) is 0 Å². The molecule has 0 radical (unpaired) electrons. The van der Waals surface area contributed by atoms with Crippen LogP contribution in [0.3, 0.4) is 0 Å². The molecule has 0 N–H and O–H groups in total. The van der Waals surface area contributed by atoms with Gasteiger partial charge in [-0.3, -0.25) is 4.98 Å². The molecule has 0 aliphatic rings. The number of hydrogen-bond donors (Lipinski definition) is 0. The van der Waals surface area contributed by atoms with Gasteiger partial charge in [0.1, 0.15) is 0 Å². The fraction of sp³-hybridized carbons (Fsp3) is 0.176. The number of benzene rings is 1. The first-order valence-electron chi connectivity index (χ1n) is 6.87. The molecule has 0 saturated heterocycles. The van der Waals surface area contributed by atoms with Crippen molar-refractivity contribution in [3.8, 4) is 22.8 Å². The van der Waals surface area contributed by atoms with E-state index < -0.39 is 0 Å². The van der Waals surface area contributed by atoms with Gasteiger partial charge in [-0.25, -0.2) is 4.98 Å². The molecule has 0 aliphatic carbocycles. The maximum absolute atomic E-state index is 5.34. The van der Waals surface area contributed by atoms with Gasteiger partial charge in [0.15, 0.2) is 11.5 Å². The molecule has 0 unspecified atom stereocenters. The van der Waals surface area contributed by atoms with Crippen molar-refractivity contribution in [3.63, 3.8) is 0 Å². The first-order valence-corrected chi connectivity index (χ1v) is 7.75. The summed E-state index contributed by atoms with van der Waals surface area (Å²) in [5, 5.41) is 3.10. The quantitative estimate of drug-likeness (QED) is 0.718. The second-order valence-corrected chi connectivity index (χ2v) is 5.64. The van der Waals surface area contributed by atoms with E-state index in [1.807, 2.05) is 36.4 Å². The Bertz CT molecular complexity index is 756. The molecule has 112 valence electrons. The van der Waals surface area contributed by atoms with Gasteiger partial charge in [0, 0.05) is 29.3 Å². The molecule has 0 amide bonds. The number of rotatable bonds is 5. The lowest BCUT2D eigenvalue weighted by atomic mass is 10.1. The Morgan fingerprint density at radius 2 is 1.91 bits per heavy atom. The number of aromatic nitrogens is 2. The number of nitrogens with zero attached hydrogens (tertiary/aromatic N) is 2. The van der Waals surface area contributed by atoms with Crippen molar-refractivity contribution in [2.24, 2.45) is 0 Å². The second kappa shape index (κ2) is 6.58. The maximum atomic E-state index is 5.34. The molecular weight excluding hydrogens is 296 g/mol. The van der Waals surface area contributed by atoms with E-state index in [1.165, 1.54) is 0 Å². The Morgan fingerprint density at radius 1 is 1.05 bits per heavy atom. The van der Waals surface area contributed by atoms with Crippen LogP contribution in [0.5, 0.6) is 11.5 Å². The number of thiazole rings is 1. The average Bonchev–Trinajstić information content (AvgIpc) is 3.03. The summed E-state index contributed by atoms with van der Waals surface area (Å²) in [6, 6.07) is 11.7. The SMILES string of the molecule is COc1ccc(-c2csc(Cc3ccccn3)n2)cc1OC. The Hall–Kier alpha value is -2.40. The zero-order valence-corrected chi connectivity index (χ0v) is 13.3. The standard InChI is InChI=1S/C17H16N2O2S/c1-20-15-7-6-12(9-16(15)21-2)14-11-22-17(19-14)10-13-5-3-4-8-18-13/h3-9,11H,10H2,1-2H3. The van der Waals surface area contributed by atoms with Crippen molar-refractivity contribution in [1.82, 2.24) is 9.97 Å². The predicted molar refractivity (Wildman–Crippen MR) is 87.7 cm³/mol. The van der Waals surface area contributed by atoms with Gasteiger partial charge in [-0.05, 0) is 30.3 Å². The van der Waals surface area contributed by atoms with Gasteiger partial charge in [-0.1, -0.05) is 6.07 Å². The lowest BCUT2D eigenvalue weighted by Crippen LogP contribution is -1.92. The summed E-state index contributed by atoms with van der Waals surface area (Å²) in [6.07, 6.45) is 2.55. The summed E-state index contributed by atoms with van der Waals surface area (Å²) in [5.74, 6) is 1.43. The predicted octanol–water partition coefficient (Wildman–Crippen LogP) is 3.81.